The molecule has 0 spiro atoms. The molecule has 0 aromatic heterocycles. The van der Waals surface area contributed by atoms with E-state index < -0.39 is 6.04 Å². The molecule has 18 heavy (non-hydrogen) atoms. The number of rotatable bonds is 4. The van der Waals surface area contributed by atoms with Crippen molar-refractivity contribution in [3.05, 3.63) is 28.2 Å². The summed E-state index contributed by atoms with van der Waals surface area (Å²) in [6.07, 6.45) is 0. The van der Waals surface area contributed by atoms with Crippen LogP contribution in [0.3, 0.4) is 0 Å². The molecule has 98 valence electrons. The van der Waals surface area contributed by atoms with Crippen LogP contribution in [0.25, 0.3) is 0 Å². The predicted molar refractivity (Wildman–Crippen MR) is 77.0 cm³/mol. The molecule has 0 aliphatic rings. The molecule has 6 heteroatoms. The van der Waals surface area contributed by atoms with E-state index >= 15 is 0 Å². The van der Waals surface area contributed by atoms with Crippen LogP contribution >= 0.6 is 28.6 Å². The lowest BCUT2D eigenvalue weighted by atomic mass is 10.2. The van der Waals surface area contributed by atoms with Gasteiger partial charge in [-0.1, -0.05) is 0 Å². The average Bonchev–Trinajstić information content (AvgIpc) is 2.32. The molecule has 0 bridgehead atoms. The van der Waals surface area contributed by atoms with Crippen molar-refractivity contribution in [3.63, 3.8) is 0 Å². The van der Waals surface area contributed by atoms with E-state index in [1.54, 1.807) is 25.1 Å². The summed E-state index contributed by atoms with van der Waals surface area (Å²) >= 11 is 7.47. The van der Waals surface area contributed by atoms with Crippen molar-refractivity contribution in [3.8, 4) is 0 Å². The Hall–Kier alpha value is -1.01. The lowest BCUT2D eigenvalue weighted by Crippen LogP contribution is -2.44. The fourth-order valence-electron chi connectivity index (χ4n) is 1.35. The molecule has 0 aliphatic heterocycles. The predicted octanol–water partition coefficient (Wildman–Crippen LogP) is 1.99. The highest BCUT2D eigenvalue weighted by molar-refractivity contribution is 9.10. The molecular weight excluding hydrogens is 316 g/mol. The van der Waals surface area contributed by atoms with Gasteiger partial charge in [-0.05, 0) is 48.0 Å². The highest BCUT2D eigenvalue weighted by Crippen LogP contribution is 2.20. The Morgan fingerprint density at radius 3 is 2.72 bits per heavy atom. The van der Waals surface area contributed by atoms with Gasteiger partial charge in [-0.2, -0.15) is 0 Å². The smallest absolute Gasteiger partial charge is 0.253 e. The van der Waals surface area contributed by atoms with Gasteiger partial charge >= 0.3 is 0 Å². The van der Waals surface area contributed by atoms with Gasteiger partial charge < -0.3 is 10.6 Å². The number of hydrogen-bond acceptors (Lipinski definition) is 3. The van der Waals surface area contributed by atoms with Gasteiger partial charge in [0.2, 0.25) is 5.91 Å². The molecule has 0 fully saturated rings. The second kappa shape index (κ2) is 6.80. The molecule has 0 heterocycles. The van der Waals surface area contributed by atoms with Crippen molar-refractivity contribution in [2.24, 2.45) is 0 Å². The second-order valence-electron chi connectivity index (χ2n) is 3.75. The highest BCUT2D eigenvalue weighted by Gasteiger charge is 2.17. The summed E-state index contributed by atoms with van der Waals surface area (Å²) in [6.45, 7) is 4.00. The molecule has 0 aliphatic carbocycles. The Kier molecular flexibility index (Phi) is 5.68. The Bertz CT molecular complexity index is 465. The van der Waals surface area contributed by atoms with Gasteiger partial charge in [0.25, 0.3) is 5.91 Å². The Balaban J connectivity index is 2.76. The van der Waals surface area contributed by atoms with Gasteiger partial charge in [0, 0.05) is 15.9 Å². The first-order valence-corrected chi connectivity index (χ1v) is 6.76. The summed E-state index contributed by atoms with van der Waals surface area (Å²) in [6, 6.07) is 4.59. The molecule has 2 N–H and O–H groups in total. The third-order valence-electron chi connectivity index (χ3n) is 2.29. The van der Waals surface area contributed by atoms with E-state index in [9.17, 15) is 9.59 Å². The van der Waals surface area contributed by atoms with Gasteiger partial charge in [0.05, 0.1) is 5.56 Å². The molecule has 2 amide bonds. The fourth-order valence-corrected chi connectivity index (χ4v) is 1.98. The number of thiol groups is 1. The van der Waals surface area contributed by atoms with Crippen LogP contribution in [0.4, 0.5) is 0 Å². The molecule has 1 rings (SSSR count). The summed E-state index contributed by atoms with van der Waals surface area (Å²) in [4.78, 5) is 24.2. The number of amides is 2. The third kappa shape index (κ3) is 4.03. The number of likely N-dealkylation sites (N-methyl/N-ethyl adjacent to an activating group) is 1. The first-order chi connectivity index (χ1) is 8.45. The molecule has 0 radical (unpaired) electrons. The largest absolute Gasteiger partial charge is 0.355 e. The van der Waals surface area contributed by atoms with Crippen molar-refractivity contribution in [2.45, 2.75) is 24.8 Å². The zero-order valence-corrected chi connectivity index (χ0v) is 12.6. The van der Waals surface area contributed by atoms with Crippen LogP contribution in [-0.2, 0) is 4.79 Å². The normalized spacial score (nSPS) is 11.8. The van der Waals surface area contributed by atoms with E-state index in [1.807, 2.05) is 6.92 Å². The topological polar surface area (TPSA) is 58.2 Å². The van der Waals surface area contributed by atoms with Crippen LogP contribution in [0.1, 0.15) is 24.2 Å². The summed E-state index contributed by atoms with van der Waals surface area (Å²) in [5, 5.41) is 5.28. The van der Waals surface area contributed by atoms with Gasteiger partial charge in [-0.15, -0.1) is 12.6 Å². The number of halogens is 1. The zero-order chi connectivity index (χ0) is 13.7. The maximum Gasteiger partial charge on any atom is 0.253 e. The SMILES string of the molecule is CCNC(=O)C(C)NC(=O)c1cc(S)ccc1Br. The Morgan fingerprint density at radius 2 is 2.11 bits per heavy atom. The Labute approximate surface area is 120 Å². The molecule has 1 unspecified atom stereocenters. The average molecular weight is 331 g/mol. The van der Waals surface area contributed by atoms with Crippen LogP contribution in [0.2, 0.25) is 0 Å². The summed E-state index contributed by atoms with van der Waals surface area (Å²) < 4.78 is 0.667. The van der Waals surface area contributed by atoms with E-state index in [2.05, 4.69) is 39.2 Å². The quantitative estimate of drug-likeness (QED) is 0.739. The van der Waals surface area contributed by atoms with Crippen molar-refractivity contribution in [1.82, 2.24) is 10.6 Å². The molecule has 4 nitrogen and oxygen atoms in total. The van der Waals surface area contributed by atoms with E-state index in [-0.39, 0.29) is 11.8 Å². The number of nitrogens with one attached hydrogen (secondary N) is 2. The maximum atomic E-state index is 12.0. The van der Waals surface area contributed by atoms with E-state index in [1.165, 1.54) is 0 Å². The Morgan fingerprint density at radius 1 is 1.44 bits per heavy atom. The summed E-state index contributed by atoms with van der Waals surface area (Å²) in [7, 11) is 0. The van der Waals surface area contributed by atoms with Crippen molar-refractivity contribution in [1.29, 1.82) is 0 Å². The minimum atomic E-state index is -0.576. The number of carbonyl (C=O) groups excluding carboxylic acids is 2. The van der Waals surface area contributed by atoms with Crippen LogP contribution in [-0.4, -0.2) is 24.4 Å². The minimum Gasteiger partial charge on any atom is -0.355 e. The number of carbonyl (C=O) groups is 2. The number of benzene rings is 1. The second-order valence-corrected chi connectivity index (χ2v) is 5.12. The maximum absolute atomic E-state index is 12.0. The van der Waals surface area contributed by atoms with E-state index in [0.29, 0.717) is 21.5 Å². The summed E-state index contributed by atoms with van der Waals surface area (Å²) in [5.41, 5.74) is 0.457. The molecule has 0 saturated heterocycles. The third-order valence-corrected chi connectivity index (χ3v) is 3.26. The van der Waals surface area contributed by atoms with Gasteiger partial charge in [0.15, 0.2) is 0 Å². The van der Waals surface area contributed by atoms with Crippen LogP contribution < -0.4 is 10.6 Å². The first-order valence-electron chi connectivity index (χ1n) is 5.52. The van der Waals surface area contributed by atoms with Crippen molar-refractivity contribution >= 4 is 40.4 Å². The van der Waals surface area contributed by atoms with Crippen LogP contribution in [0, 0.1) is 0 Å². The summed E-state index contributed by atoms with van der Waals surface area (Å²) in [5.74, 6) is -0.513. The lowest BCUT2D eigenvalue weighted by Gasteiger charge is -2.14. The molecular formula is C12H15BrN2O2S. The van der Waals surface area contributed by atoms with Gasteiger partial charge in [-0.3, -0.25) is 9.59 Å². The van der Waals surface area contributed by atoms with Crippen molar-refractivity contribution in [2.75, 3.05) is 6.54 Å². The van der Waals surface area contributed by atoms with Gasteiger partial charge in [0.1, 0.15) is 6.04 Å². The van der Waals surface area contributed by atoms with E-state index in [0.717, 1.165) is 0 Å². The molecule has 1 aromatic rings. The van der Waals surface area contributed by atoms with Crippen LogP contribution in [0.15, 0.2) is 27.6 Å². The minimum absolute atomic E-state index is 0.205. The van der Waals surface area contributed by atoms with Gasteiger partial charge in [-0.25, -0.2) is 0 Å². The number of hydrogen-bond donors (Lipinski definition) is 3. The standard InChI is InChI=1S/C12H15BrN2O2S/c1-3-14-11(16)7(2)15-12(17)9-6-8(18)4-5-10(9)13/h4-7,18H,3H2,1-2H3,(H,14,16)(H,15,17). The van der Waals surface area contributed by atoms with E-state index in [4.69, 9.17) is 0 Å². The lowest BCUT2D eigenvalue weighted by molar-refractivity contribution is -0.122. The monoisotopic (exact) mass is 330 g/mol. The molecule has 0 saturated carbocycles. The fraction of sp³-hybridized carbons (Fsp3) is 0.333. The zero-order valence-electron chi connectivity index (χ0n) is 10.2. The van der Waals surface area contributed by atoms with Crippen molar-refractivity contribution < 1.29 is 9.59 Å². The molecule has 1 aromatic carbocycles. The van der Waals surface area contributed by atoms with Crippen LogP contribution in [0.5, 0.6) is 0 Å². The highest BCUT2D eigenvalue weighted by atomic mass is 79.9. The molecule has 1 atom stereocenters. The first kappa shape index (κ1) is 15.0.